The monoisotopic (exact) mass is 661 g/mol. The minimum absolute atomic E-state index is 0.00954. The van der Waals surface area contributed by atoms with Crippen LogP contribution in [-0.2, 0) is 16.1 Å². The number of H-pyrrole nitrogens is 1. The van der Waals surface area contributed by atoms with E-state index in [2.05, 4.69) is 66.5 Å². The summed E-state index contributed by atoms with van der Waals surface area (Å²) in [4.78, 5) is 55.9. The van der Waals surface area contributed by atoms with Gasteiger partial charge in [-0.05, 0) is 55.6 Å². The molecule has 1 spiro atoms. The highest BCUT2D eigenvalue weighted by atomic mass is 16.2. The average Bonchev–Trinajstić information content (AvgIpc) is 3.64. The summed E-state index contributed by atoms with van der Waals surface area (Å²) in [5.74, 6) is 0.00431. The minimum Gasteiger partial charge on any atom is -0.351 e. The van der Waals surface area contributed by atoms with Gasteiger partial charge in [0.15, 0.2) is 5.65 Å². The van der Waals surface area contributed by atoms with Gasteiger partial charge in [-0.25, -0.2) is 4.98 Å². The highest BCUT2D eigenvalue weighted by Gasteiger charge is 2.54. The first-order valence-electron chi connectivity index (χ1n) is 17.4. The van der Waals surface area contributed by atoms with E-state index in [4.69, 9.17) is 0 Å². The van der Waals surface area contributed by atoms with Gasteiger partial charge in [-0.15, -0.1) is 0 Å². The lowest BCUT2D eigenvalue weighted by molar-refractivity contribution is -0.137. The molecule has 0 bridgehead atoms. The number of aromatic amines is 1. The zero-order valence-corrected chi connectivity index (χ0v) is 27.9. The van der Waals surface area contributed by atoms with Gasteiger partial charge in [0.05, 0.1) is 18.4 Å². The third-order valence-electron chi connectivity index (χ3n) is 10.9. The van der Waals surface area contributed by atoms with Crippen molar-refractivity contribution in [2.24, 2.45) is 0 Å². The Balaban J connectivity index is 0.907. The summed E-state index contributed by atoms with van der Waals surface area (Å²) in [6, 6.07) is 20.6. The lowest BCUT2D eigenvalue weighted by atomic mass is 9.85. The molecule has 2 aromatic heterocycles. The van der Waals surface area contributed by atoms with Crippen molar-refractivity contribution >= 4 is 34.4 Å². The van der Waals surface area contributed by atoms with Crippen LogP contribution in [0.2, 0.25) is 0 Å². The van der Waals surface area contributed by atoms with Crippen LogP contribution in [0.1, 0.15) is 46.7 Å². The highest BCUT2D eigenvalue weighted by molar-refractivity contribution is 5.99. The molecular weight excluding hydrogens is 618 g/mol. The number of para-hydroxylation sites is 1. The molecule has 0 unspecified atom stereocenters. The largest absolute Gasteiger partial charge is 0.351 e. The number of nitrogens with zero attached hydrogens (tertiary/aromatic N) is 7. The average molecular weight is 662 g/mol. The van der Waals surface area contributed by atoms with E-state index in [1.165, 1.54) is 11.1 Å². The molecule has 4 aliphatic rings. The summed E-state index contributed by atoms with van der Waals surface area (Å²) in [5, 5.41) is 10.8. The van der Waals surface area contributed by atoms with Crippen molar-refractivity contribution in [2.45, 2.75) is 43.3 Å². The van der Waals surface area contributed by atoms with Crippen LogP contribution < -0.4 is 10.2 Å². The SMILES string of the molecule is CN1CCN(Cc2cccc([C@H]3C[C@@H]3NC(=O)CN3CN(c4ccccc4)C4(CCN(C(=O)c5cnc6[nH]ncc6c5)CC4)C3=O)c2)CC1. The normalized spacial score (nSPS) is 22.6. The van der Waals surface area contributed by atoms with Crippen LogP contribution in [0.4, 0.5) is 5.69 Å². The quantitative estimate of drug-likeness (QED) is 0.296. The van der Waals surface area contributed by atoms with Crippen molar-refractivity contribution in [3.05, 3.63) is 89.7 Å². The number of piperazine rings is 1. The Morgan fingerprint density at radius 2 is 1.76 bits per heavy atom. The second kappa shape index (κ2) is 12.9. The number of aromatic nitrogens is 3. The van der Waals surface area contributed by atoms with Crippen LogP contribution in [0.15, 0.2) is 73.1 Å². The first-order valence-corrected chi connectivity index (χ1v) is 17.4. The van der Waals surface area contributed by atoms with Crippen molar-refractivity contribution in [2.75, 3.05) is 64.4 Å². The van der Waals surface area contributed by atoms with E-state index in [1.54, 1.807) is 28.3 Å². The van der Waals surface area contributed by atoms with Gasteiger partial charge in [0.25, 0.3) is 11.8 Å². The van der Waals surface area contributed by atoms with Gasteiger partial charge < -0.3 is 24.9 Å². The first kappa shape index (κ1) is 31.5. The maximum atomic E-state index is 14.2. The van der Waals surface area contributed by atoms with Gasteiger partial charge in [0.2, 0.25) is 5.91 Å². The molecule has 1 saturated carbocycles. The molecule has 12 heteroatoms. The van der Waals surface area contributed by atoms with Crippen molar-refractivity contribution in [3.8, 4) is 0 Å². The predicted octanol–water partition coefficient (Wildman–Crippen LogP) is 2.66. The molecule has 4 aromatic rings. The third-order valence-corrected chi connectivity index (χ3v) is 10.9. The number of fused-ring (bicyclic) bond motifs is 1. The van der Waals surface area contributed by atoms with Crippen molar-refractivity contribution in [1.29, 1.82) is 0 Å². The fourth-order valence-electron chi connectivity index (χ4n) is 7.87. The Kier molecular flexibility index (Phi) is 8.28. The number of likely N-dealkylation sites (N-methyl/N-ethyl adjacent to an activating group) is 1. The molecule has 0 radical (unpaired) electrons. The number of likely N-dealkylation sites (tertiary alicyclic amines) is 1. The second-order valence-electron chi connectivity index (χ2n) is 14.1. The Labute approximate surface area is 286 Å². The van der Waals surface area contributed by atoms with Gasteiger partial charge >= 0.3 is 0 Å². The van der Waals surface area contributed by atoms with Crippen LogP contribution in [0, 0.1) is 0 Å². The summed E-state index contributed by atoms with van der Waals surface area (Å²) in [5.41, 5.74) is 3.84. The third kappa shape index (κ3) is 6.26. The molecule has 8 rings (SSSR count). The van der Waals surface area contributed by atoms with E-state index < -0.39 is 5.54 Å². The smallest absolute Gasteiger partial charge is 0.255 e. The summed E-state index contributed by atoms with van der Waals surface area (Å²) >= 11 is 0. The molecule has 5 heterocycles. The standard InChI is InChI=1S/C37H43N9O3/c1-42-14-16-43(17-15-42)23-26-6-5-7-27(18-26)31-20-32(31)40-33(47)24-45-25-46(30-8-3-2-4-9-30)37(36(45)49)10-12-44(13-11-37)35(48)29-19-28-22-39-41-34(28)38-21-29/h2-9,18-19,21-22,31-32H,10-17,20,23-25H2,1H3,(H,40,47)(H,38,39,41)/t31-,32+/m1/s1. The molecule has 49 heavy (non-hydrogen) atoms. The number of piperidine rings is 1. The number of anilines is 1. The molecule has 4 fully saturated rings. The Morgan fingerprint density at radius 3 is 2.55 bits per heavy atom. The molecule has 1 aliphatic carbocycles. The minimum atomic E-state index is -0.822. The Hall–Kier alpha value is -4.81. The number of carbonyl (C=O) groups excluding carboxylic acids is 3. The number of benzene rings is 2. The lowest BCUT2D eigenvalue weighted by Gasteiger charge is -2.43. The summed E-state index contributed by atoms with van der Waals surface area (Å²) in [6.45, 7) is 6.50. The number of hydrogen-bond acceptors (Lipinski definition) is 8. The fraction of sp³-hybridized carbons (Fsp3) is 0.432. The highest BCUT2D eigenvalue weighted by Crippen LogP contribution is 2.42. The van der Waals surface area contributed by atoms with E-state index in [9.17, 15) is 14.4 Å². The summed E-state index contributed by atoms with van der Waals surface area (Å²) < 4.78 is 0. The number of pyridine rings is 1. The summed E-state index contributed by atoms with van der Waals surface area (Å²) in [6.07, 6.45) is 5.08. The number of nitrogens with one attached hydrogen (secondary N) is 2. The van der Waals surface area contributed by atoms with Gasteiger partial charge in [-0.1, -0.05) is 42.5 Å². The maximum absolute atomic E-state index is 14.2. The zero-order chi connectivity index (χ0) is 33.5. The molecule has 254 valence electrons. The lowest BCUT2D eigenvalue weighted by Crippen LogP contribution is -2.57. The zero-order valence-electron chi connectivity index (χ0n) is 27.9. The van der Waals surface area contributed by atoms with Crippen LogP contribution in [0.3, 0.4) is 0 Å². The molecule has 2 atom stereocenters. The topological polar surface area (TPSA) is 121 Å². The number of rotatable bonds is 8. The second-order valence-corrected chi connectivity index (χ2v) is 14.1. The van der Waals surface area contributed by atoms with Gasteiger partial charge in [0, 0.05) is 75.0 Å². The van der Waals surface area contributed by atoms with Crippen LogP contribution in [0.25, 0.3) is 11.0 Å². The van der Waals surface area contributed by atoms with Gasteiger partial charge in [-0.3, -0.25) is 24.4 Å². The fourth-order valence-corrected chi connectivity index (χ4v) is 7.87. The first-order chi connectivity index (χ1) is 23.9. The van der Waals surface area contributed by atoms with E-state index in [0.29, 0.717) is 49.7 Å². The van der Waals surface area contributed by atoms with Gasteiger partial charge in [0.1, 0.15) is 12.1 Å². The molecule has 3 saturated heterocycles. The van der Waals surface area contributed by atoms with Crippen LogP contribution in [-0.4, -0.2) is 124 Å². The molecular formula is C37H43N9O3. The maximum Gasteiger partial charge on any atom is 0.255 e. The van der Waals surface area contributed by atoms with Crippen molar-refractivity contribution < 1.29 is 14.4 Å². The van der Waals surface area contributed by atoms with Crippen molar-refractivity contribution in [1.82, 2.24) is 40.1 Å². The van der Waals surface area contributed by atoms with E-state index in [-0.39, 0.29) is 30.3 Å². The van der Waals surface area contributed by atoms with Crippen LogP contribution in [0.5, 0.6) is 0 Å². The predicted molar refractivity (Wildman–Crippen MR) is 186 cm³/mol. The van der Waals surface area contributed by atoms with Gasteiger partial charge in [-0.2, -0.15) is 5.10 Å². The Morgan fingerprint density at radius 1 is 0.959 bits per heavy atom. The Bertz CT molecular complexity index is 1850. The summed E-state index contributed by atoms with van der Waals surface area (Å²) in [7, 11) is 2.17. The number of hydrogen-bond donors (Lipinski definition) is 2. The van der Waals surface area contributed by atoms with E-state index in [0.717, 1.165) is 50.2 Å². The number of carbonyl (C=O) groups is 3. The molecule has 2 N–H and O–H groups in total. The van der Waals surface area contributed by atoms with Crippen LogP contribution >= 0.6 is 0 Å². The molecule has 12 nitrogen and oxygen atoms in total. The number of amides is 3. The molecule has 3 amide bonds. The van der Waals surface area contributed by atoms with E-state index >= 15 is 0 Å². The molecule has 2 aromatic carbocycles. The van der Waals surface area contributed by atoms with Crippen molar-refractivity contribution in [3.63, 3.8) is 0 Å². The molecule has 3 aliphatic heterocycles. The van der Waals surface area contributed by atoms with E-state index in [1.807, 2.05) is 30.3 Å².